The summed E-state index contributed by atoms with van der Waals surface area (Å²) in [5.74, 6) is 0.478. The summed E-state index contributed by atoms with van der Waals surface area (Å²) in [6.07, 6.45) is 1.62. The first-order valence-corrected chi connectivity index (χ1v) is 5.43. The van der Waals surface area contributed by atoms with Gasteiger partial charge in [0.25, 0.3) is 0 Å². The SMILES string of the molecule is CN(C)C(=O)CNc1ncc(Br)cc1Cl. The highest BCUT2D eigenvalue weighted by Gasteiger charge is 2.06. The molecule has 0 fully saturated rings. The zero-order valence-electron chi connectivity index (χ0n) is 8.42. The summed E-state index contributed by atoms with van der Waals surface area (Å²) in [6.45, 7) is 0.182. The van der Waals surface area contributed by atoms with Crippen LogP contribution in [-0.4, -0.2) is 36.4 Å². The average molecular weight is 293 g/mol. The van der Waals surface area contributed by atoms with Gasteiger partial charge in [-0.15, -0.1) is 0 Å². The van der Waals surface area contributed by atoms with Gasteiger partial charge in [0.2, 0.25) is 5.91 Å². The molecule has 0 aliphatic rings. The number of carbonyl (C=O) groups is 1. The molecule has 6 heteroatoms. The number of halogens is 2. The van der Waals surface area contributed by atoms with E-state index >= 15 is 0 Å². The predicted molar refractivity (Wildman–Crippen MR) is 64.1 cm³/mol. The van der Waals surface area contributed by atoms with Crippen molar-refractivity contribution in [2.75, 3.05) is 26.0 Å². The van der Waals surface area contributed by atoms with Gasteiger partial charge in [0.1, 0.15) is 5.82 Å². The van der Waals surface area contributed by atoms with Crippen LogP contribution in [0.4, 0.5) is 5.82 Å². The molecular weight excluding hydrogens is 281 g/mol. The fourth-order valence-electron chi connectivity index (χ4n) is 0.862. The van der Waals surface area contributed by atoms with Crippen LogP contribution in [0.5, 0.6) is 0 Å². The van der Waals surface area contributed by atoms with E-state index in [9.17, 15) is 4.79 Å². The van der Waals surface area contributed by atoms with Crippen LogP contribution in [0.3, 0.4) is 0 Å². The Bertz CT molecular complexity index is 370. The van der Waals surface area contributed by atoms with Gasteiger partial charge in [-0.3, -0.25) is 4.79 Å². The van der Waals surface area contributed by atoms with E-state index in [1.165, 1.54) is 4.90 Å². The van der Waals surface area contributed by atoms with Gasteiger partial charge < -0.3 is 10.2 Å². The Labute approximate surface area is 102 Å². The molecule has 0 unspecified atom stereocenters. The fraction of sp³-hybridized carbons (Fsp3) is 0.333. The second kappa shape index (κ2) is 5.32. The lowest BCUT2D eigenvalue weighted by Gasteiger charge is -2.11. The third-order valence-corrected chi connectivity index (χ3v) is 2.44. The molecule has 1 aromatic rings. The summed E-state index contributed by atoms with van der Waals surface area (Å²) in [5, 5.41) is 3.35. The normalized spacial score (nSPS) is 9.87. The van der Waals surface area contributed by atoms with Crippen molar-refractivity contribution in [3.63, 3.8) is 0 Å². The lowest BCUT2D eigenvalue weighted by Crippen LogP contribution is -2.28. The number of nitrogens with one attached hydrogen (secondary N) is 1. The van der Waals surface area contributed by atoms with Crippen molar-refractivity contribution >= 4 is 39.3 Å². The Balaban J connectivity index is 2.62. The number of hydrogen-bond donors (Lipinski definition) is 1. The summed E-state index contributed by atoms with van der Waals surface area (Å²) < 4.78 is 0.803. The molecule has 82 valence electrons. The molecule has 1 aromatic heterocycles. The molecule has 0 bridgehead atoms. The van der Waals surface area contributed by atoms with Crippen LogP contribution in [0.25, 0.3) is 0 Å². The van der Waals surface area contributed by atoms with E-state index in [-0.39, 0.29) is 12.5 Å². The van der Waals surface area contributed by atoms with E-state index in [2.05, 4.69) is 26.2 Å². The molecule has 0 spiro atoms. The third kappa shape index (κ3) is 3.68. The Morgan fingerprint density at radius 3 is 2.87 bits per heavy atom. The quantitative estimate of drug-likeness (QED) is 0.927. The number of rotatable bonds is 3. The molecule has 0 aromatic carbocycles. The molecule has 1 N–H and O–H groups in total. The van der Waals surface area contributed by atoms with Crippen molar-refractivity contribution in [2.24, 2.45) is 0 Å². The molecule has 1 rings (SSSR count). The number of likely N-dealkylation sites (N-methyl/N-ethyl adjacent to an activating group) is 1. The van der Waals surface area contributed by atoms with E-state index in [0.717, 1.165) is 4.47 Å². The van der Waals surface area contributed by atoms with Crippen LogP contribution < -0.4 is 5.32 Å². The topological polar surface area (TPSA) is 45.2 Å². The molecule has 0 saturated heterocycles. The van der Waals surface area contributed by atoms with Crippen LogP contribution in [0.2, 0.25) is 5.02 Å². The minimum absolute atomic E-state index is 0.0317. The van der Waals surface area contributed by atoms with Crippen molar-refractivity contribution in [3.8, 4) is 0 Å². The van der Waals surface area contributed by atoms with Gasteiger partial charge in [0.15, 0.2) is 0 Å². The van der Waals surface area contributed by atoms with E-state index in [0.29, 0.717) is 10.8 Å². The first kappa shape index (κ1) is 12.3. The third-order valence-electron chi connectivity index (χ3n) is 1.71. The second-order valence-electron chi connectivity index (χ2n) is 3.13. The van der Waals surface area contributed by atoms with Crippen molar-refractivity contribution in [3.05, 3.63) is 21.8 Å². The lowest BCUT2D eigenvalue weighted by molar-refractivity contribution is -0.126. The van der Waals surface area contributed by atoms with Gasteiger partial charge in [0.05, 0.1) is 11.6 Å². The summed E-state index contributed by atoms with van der Waals surface area (Å²) in [5.41, 5.74) is 0. The highest BCUT2D eigenvalue weighted by atomic mass is 79.9. The van der Waals surface area contributed by atoms with Crippen molar-refractivity contribution in [1.82, 2.24) is 9.88 Å². The van der Waals surface area contributed by atoms with Gasteiger partial charge in [0, 0.05) is 24.8 Å². The van der Waals surface area contributed by atoms with E-state index in [4.69, 9.17) is 11.6 Å². The van der Waals surface area contributed by atoms with Gasteiger partial charge in [-0.05, 0) is 22.0 Å². The fourth-order valence-corrected chi connectivity index (χ4v) is 1.56. The monoisotopic (exact) mass is 291 g/mol. The number of amides is 1. The van der Waals surface area contributed by atoms with Gasteiger partial charge in [-0.1, -0.05) is 11.6 Å². The molecule has 0 aliphatic heterocycles. The summed E-state index contributed by atoms with van der Waals surface area (Å²) in [4.78, 5) is 16.8. The summed E-state index contributed by atoms with van der Waals surface area (Å²) in [6, 6.07) is 1.72. The van der Waals surface area contributed by atoms with Crippen LogP contribution in [0.1, 0.15) is 0 Å². The molecule has 1 heterocycles. The molecule has 0 aliphatic carbocycles. The number of pyridine rings is 1. The van der Waals surface area contributed by atoms with E-state index in [1.54, 1.807) is 26.4 Å². The van der Waals surface area contributed by atoms with Gasteiger partial charge in [-0.25, -0.2) is 4.98 Å². The minimum atomic E-state index is -0.0317. The molecular formula is C9H11BrClN3O. The second-order valence-corrected chi connectivity index (χ2v) is 4.45. The Morgan fingerprint density at radius 1 is 1.67 bits per heavy atom. The van der Waals surface area contributed by atoms with Crippen LogP contribution >= 0.6 is 27.5 Å². The van der Waals surface area contributed by atoms with Crippen molar-refractivity contribution in [1.29, 1.82) is 0 Å². The standard InChI is InChI=1S/C9H11BrClN3O/c1-14(2)8(15)5-13-9-7(11)3-6(10)4-12-9/h3-4H,5H2,1-2H3,(H,12,13). The van der Waals surface area contributed by atoms with E-state index in [1.807, 2.05) is 0 Å². The highest BCUT2D eigenvalue weighted by Crippen LogP contribution is 2.22. The highest BCUT2D eigenvalue weighted by molar-refractivity contribution is 9.10. The largest absolute Gasteiger partial charge is 0.360 e. The number of anilines is 1. The molecule has 0 atom stereocenters. The zero-order valence-corrected chi connectivity index (χ0v) is 10.8. The molecule has 0 saturated carbocycles. The number of hydrogen-bond acceptors (Lipinski definition) is 3. The molecule has 1 amide bonds. The van der Waals surface area contributed by atoms with E-state index < -0.39 is 0 Å². The maximum Gasteiger partial charge on any atom is 0.241 e. The first-order chi connectivity index (χ1) is 7.00. The first-order valence-electron chi connectivity index (χ1n) is 4.26. The average Bonchev–Trinajstić information content (AvgIpc) is 2.15. The maximum absolute atomic E-state index is 11.3. The predicted octanol–water partition coefficient (Wildman–Crippen LogP) is 2.00. The number of nitrogens with zero attached hydrogens (tertiary/aromatic N) is 2. The Kier molecular flexibility index (Phi) is 4.35. The molecule has 15 heavy (non-hydrogen) atoms. The van der Waals surface area contributed by atoms with Gasteiger partial charge >= 0.3 is 0 Å². The van der Waals surface area contributed by atoms with Crippen LogP contribution in [-0.2, 0) is 4.79 Å². The van der Waals surface area contributed by atoms with Crippen LogP contribution in [0, 0.1) is 0 Å². The van der Waals surface area contributed by atoms with Crippen molar-refractivity contribution < 1.29 is 4.79 Å². The number of aromatic nitrogens is 1. The Hall–Kier alpha value is -0.810. The summed E-state index contributed by atoms with van der Waals surface area (Å²) in [7, 11) is 3.39. The van der Waals surface area contributed by atoms with Crippen LogP contribution in [0.15, 0.2) is 16.7 Å². The smallest absolute Gasteiger partial charge is 0.241 e. The summed E-state index contributed by atoms with van der Waals surface area (Å²) >= 11 is 9.16. The maximum atomic E-state index is 11.3. The lowest BCUT2D eigenvalue weighted by atomic mass is 10.4. The van der Waals surface area contributed by atoms with Gasteiger partial charge in [-0.2, -0.15) is 0 Å². The molecule has 0 radical (unpaired) electrons. The Morgan fingerprint density at radius 2 is 2.33 bits per heavy atom. The molecule has 4 nitrogen and oxygen atoms in total. The van der Waals surface area contributed by atoms with Crippen molar-refractivity contribution in [2.45, 2.75) is 0 Å². The zero-order chi connectivity index (χ0) is 11.4. The minimum Gasteiger partial charge on any atom is -0.360 e. The number of carbonyl (C=O) groups excluding carboxylic acids is 1.